The number of nitrogens with two attached hydrogens (primary N) is 1. The highest BCUT2D eigenvalue weighted by atomic mass is 79.9. The number of nitrogens with zero attached hydrogens (tertiary/aromatic N) is 1. The van der Waals surface area contributed by atoms with E-state index in [9.17, 15) is 0 Å². The highest BCUT2D eigenvalue weighted by molar-refractivity contribution is 9.10. The van der Waals surface area contributed by atoms with Gasteiger partial charge in [-0.1, -0.05) is 45.8 Å². The van der Waals surface area contributed by atoms with E-state index in [0.29, 0.717) is 0 Å². The lowest BCUT2D eigenvalue weighted by molar-refractivity contribution is 0.919. The van der Waals surface area contributed by atoms with Crippen molar-refractivity contribution in [2.24, 2.45) is 5.73 Å². The number of hydrogen-bond donors (Lipinski definition) is 2. The summed E-state index contributed by atoms with van der Waals surface area (Å²) in [7, 11) is 2.01. The van der Waals surface area contributed by atoms with E-state index in [1.165, 1.54) is 11.1 Å². The van der Waals surface area contributed by atoms with Crippen LogP contribution in [0.2, 0.25) is 0 Å². The maximum absolute atomic E-state index is 7.71. The minimum absolute atomic E-state index is 0.0809. The molecular weight excluding hydrogens is 314 g/mol. The summed E-state index contributed by atoms with van der Waals surface area (Å²) < 4.78 is 0.926. The van der Waals surface area contributed by atoms with E-state index in [0.717, 1.165) is 22.3 Å². The van der Waals surface area contributed by atoms with Gasteiger partial charge in [0.1, 0.15) is 5.84 Å². The van der Waals surface area contributed by atoms with Gasteiger partial charge in [0.15, 0.2) is 0 Å². The van der Waals surface area contributed by atoms with Crippen LogP contribution in [0.15, 0.2) is 46.9 Å². The second-order valence-corrected chi connectivity index (χ2v) is 5.84. The van der Waals surface area contributed by atoms with Crippen LogP contribution in [0.5, 0.6) is 0 Å². The molecule has 0 atom stereocenters. The van der Waals surface area contributed by atoms with Crippen LogP contribution < -0.4 is 10.6 Å². The summed E-state index contributed by atoms with van der Waals surface area (Å²) in [6, 6.07) is 14.3. The molecule has 4 heteroatoms. The first kappa shape index (κ1) is 14.6. The van der Waals surface area contributed by atoms with Crippen LogP contribution in [-0.4, -0.2) is 12.9 Å². The zero-order valence-electron chi connectivity index (χ0n) is 11.7. The topological polar surface area (TPSA) is 53.1 Å². The van der Waals surface area contributed by atoms with Gasteiger partial charge in [-0.05, 0) is 30.7 Å². The molecule has 0 spiro atoms. The predicted octanol–water partition coefficient (Wildman–Crippen LogP) is 3.68. The molecule has 104 valence electrons. The van der Waals surface area contributed by atoms with Crippen LogP contribution in [0.4, 0.5) is 5.69 Å². The lowest BCUT2D eigenvalue weighted by atomic mass is 10.1. The van der Waals surface area contributed by atoms with Crippen LogP contribution in [0.3, 0.4) is 0 Å². The average Bonchev–Trinajstić information content (AvgIpc) is 2.38. The first-order valence-electron chi connectivity index (χ1n) is 6.38. The molecule has 0 bridgehead atoms. The van der Waals surface area contributed by atoms with E-state index in [-0.39, 0.29) is 5.84 Å². The molecule has 0 aliphatic rings. The third kappa shape index (κ3) is 3.39. The molecule has 20 heavy (non-hydrogen) atoms. The highest BCUT2D eigenvalue weighted by Crippen LogP contribution is 2.24. The van der Waals surface area contributed by atoms with Crippen molar-refractivity contribution in [3.63, 3.8) is 0 Å². The molecule has 0 amide bonds. The van der Waals surface area contributed by atoms with Gasteiger partial charge in [-0.15, -0.1) is 0 Å². The van der Waals surface area contributed by atoms with Gasteiger partial charge in [0.2, 0.25) is 0 Å². The molecule has 0 saturated heterocycles. The Morgan fingerprint density at radius 1 is 1.25 bits per heavy atom. The van der Waals surface area contributed by atoms with Gasteiger partial charge in [0.25, 0.3) is 0 Å². The van der Waals surface area contributed by atoms with Crippen molar-refractivity contribution >= 4 is 27.5 Å². The molecule has 0 aliphatic heterocycles. The Morgan fingerprint density at radius 3 is 2.65 bits per heavy atom. The summed E-state index contributed by atoms with van der Waals surface area (Å²) in [5.74, 6) is 0.0809. The molecule has 0 saturated carbocycles. The summed E-state index contributed by atoms with van der Waals surface area (Å²) >= 11 is 3.42. The van der Waals surface area contributed by atoms with Crippen LogP contribution >= 0.6 is 15.9 Å². The van der Waals surface area contributed by atoms with E-state index in [1.807, 2.05) is 25.2 Å². The number of nitrogen functional groups attached to an aromatic ring is 1. The second-order valence-electron chi connectivity index (χ2n) is 4.92. The van der Waals surface area contributed by atoms with E-state index in [2.05, 4.69) is 52.0 Å². The van der Waals surface area contributed by atoms with E-state index >= 15 is 0 Å². The smallest absolute Gasteiger partial charge is 0.124 e. The Labute approximate surface area is 128 Å². The summed E-state index contributed by atoms with van der Waals surface area (Å²) in [4.78, 5) is 2.11. The standard InChI is InChI=1S/C16H18BrN3/c1-11-4-3-5-12(8-11)10-20(2)15-7-6-13(17)9-14(15)16(18)19/h3-9H,10H2,1-2H3,(H3,18,19). The van der Waals surface area contributed by atoms with Gasteiger partial charge in [0.05, 0.1) is 0 Å². The number of nitrogens with one attached hydrogen (secondary N) is 1. The van der Waals surface area contributed by atoms with Gasteiger partial charge >= 0.3 is 0 Å². The molecule has 2 aromatic rings. The molecule has 0 aliphatic carbocycles. The Balaban J connectivity index is 2.29. The number of amidine groups is 1. The van der Waals surface area contributed by atoms with Gasteiger partial charge in [-0.3, -0.25) is 5.41 Å². The van der Waals surface area contributed by atoms with Crippen molar-refractivity contribution < 1.29 is 0 Å². The third-order valence-electron chi connectivity index (χ3n) is 3.16. The SMILES string of the molecule is Cc1cccc(CN(C)c2ccc(Br)cc2C(=N)N)c1. The molecule has 3 nitrogen and oxygen atoms in total. The van der Waals surface area contributed by atoms with Crippen molar-refractivity contribution in [1.82, 2.24) is 0 Å². The Kier molecular flexibility index (Phi) is 4.45. The summed E-state index contributed by atoms with van der Waals surface area (Å²) in [5, 5.41) is 7.71. The summed E-state index contributed by atoms with van der Waals surface area (Å²) in [6.45, 7) is 2.87. The fraction of sp³-hybridized carbons (Fsp3) is 0.188. The zero-order valence-corrected chi connectivity index (χ0v) is 13.2. The largest absolute Gasteiger partial charge is 0.384 e. The number of anilines is 1. The zero-order chi connectivity index (χ0) is 14.7. The minimum atomic E-state index is 0.0809. The van der Waals surface area contributed by atoms with E-state index in [4.69, 9.17) is 11.1 Å². The van der Waals surface area contributed by atoms with Gasteiger partial charge < -0.3 is 10.6 Å². The lowest BCUT2D eigenvalue weighted by Gasteiger charge is -2.22. The maximum Gasteiger partial charge on any atom is 0.124 e. The molecule has 0 radical (unpaired) electrons. The van der Waals surface area contributed by atoms with Crippen LogP contribution in [0, 0.1) is 12.3 Å². The molecule has 2 rings (SSSR count). The molecular formula is C16H18BrN3. The minimum Gasteiger partial charge on any atom is -0.384 e. The number of benzene rings is 2. The number of aryl methyl sites for hydroxylation is 1. The summed E-state index contributed by atoms with van der Waals surface area (Å²) in [6.07, 6.45) is 0. The molecule has 0 heterocycles. The Morgan fingerprint density at radius 2 is 2.00 bits per heavy atom. The second kappa shape index (κ2) is 6.09. The van der Waals surface area contributed by atoms with E-state index < -0.39 is 0 Å². The van der Waals surface area contributed by atoms with Crippen molar-refractivity contribution in [3.8, 4) is 0 Å². The van der Waals surface area contributed by atoms with Crippen molar-refractivity contribution in [3.05, 3.63) is 63.6 Å². The van der Waals surface area contributed by atoms with Crippen molar-refractivity contribution in [2.45, 2.75) is 13.5 Å². The van der Waals surface area contributed by atoms with Crippen LogP contribution in [0.1, 0.15) is 16.7 Å². The lowest BCUT2D eigenvalue weighted by Crippen LogP contribution is -2.22. The van der Waals surface area contributed by atoms with Crippen LogP contribution in [0.25, 0.3) is 0 Å². The fourth-order valence-electron chi connectivity index (χ4n) is 2.23. The monoisotopic (exact) mass is 331 g/mol. The fourth-order valence-corrected chi connectivity index (χ4v) is 2.59. The molecule has 2 aromatic carbocycles. The maximum atomic E-state index is 7.71. The molecule has 0 unspecified atom stereocenters. The first-order valence-corrected chi connectivity index (χ1v) is 7.17. The molecule has 3 N–H and O–H groups in total. The Bertz CT molecular complexity index is 637. The van der Waals surface area contributed by atoms with E-state index in [1.54, 1.807) is 0 Å². The van der Waals surface area contributed by atoms with Crippen LogP contribution in [-0.2, 0) is 6.54 Å². The normalized spacial score (nSPS) is 10.3. The number of rotatable bonds is 4. The van der Waals surface area contributed by atoms with Gasteiger partial charge in [-0.25, -0.2) is 0 Å². The predicted molar refractivity (Wildman–Crippen MR) is 88.4 cm³/mol. The third-order valence-corrected chi connectivity index (χ3v) is 3.66. The number of halogens is 1. The highest BCUT2D eigenvalue weighted by Gasteiger charge is 2.11. The molecule has 0 fully saturated rings. The summed E-state index contributed by atoms with van der Waals surface area (Å²) in [5.41, 5.74) is 9.87. The molecule has 0 aromatic heterocycles. The van der Waals surface area contributed by atoms with Gasteiger partial charge in [0, 0.05) is 29.3 Å². The quantitative estimate of drug-likeness (QED) is 0.663. The average molecular weight is 332 g/mol. The first-order chi connectivity index (χ1) is 9.47. The van der Waals surface area contributed by atoms with Crippen molar-refractivity contribution in [1.29, 1.82) is 5.41 Å². The number of hydrogen-bond acceptors (Lipinski definition) is 2. The Hall–Kier alpha value is -1.81. The van der Waals surface area contributed by atoms with Crippen molar-refractivity contribution in [2.75, 3.05) is 11.9 Å². The van der Waals surface area contributed by atoms with Gasteiger partial charge in [-0.2, -0.15) is 0 Å².